The van der Waals surface area contributed by atoms with E-state index in [9.17, 15) is 9.90 Å². The largest absolute Gasteiger partial charge is 0.508 e. The Bertz CT molecular complexity index is 623. The Morgan fingerprint density at radius 1 is 1.14 bits per heavy atom. The molecular weight excluding hydrogens is 332 g/mol. The summed E-state index contributed by atoms with van der Waals surface area (Å²) in [6.07, 6.45) is -0.181. The number of phenolic OH excluding ortho intramolecular Hbond substituents is 1. The summed E-state index contributed by atoms with van der Waals surface area (Å²) in [5.74, 6) is -0.680. The van der Waals surface area contributed by atoms with Crippen LogP contribution in [0.5, 0.6) is 5.75 Å². The summed E-state index contributed by atoms with van der Waals surface area (Å²) in [5, 5.41) is 9.53. The zero-order valence-corrected chi connectivity index (χ0v) is 13.5. The Hall–Kier alpha value is -1.81. The number of halogens is 1. The SMILES string of the molecule is CC(C)OC(=O)C(c1ccccc1)c1ccc(O)cc1Br. The lowest BCUT2D eigenvalue weighted by Gasteiger charge is -2.20. The van der Waals surface area contributed by atoms with Crippen molar-refractivity contribution in [2.24, 2.45) is 0 Å². The molecule has 2 rings (SSSR count). The summed E-state index contributed by atoms with van der Waals surface area (Å²) in [7, 11) is 0. The van der Waals surface area contributed by atoms with Crippen LogP contribution in [-0.2, 0) is 9.53 Å². The number of aromatic hydroxyl groups is 1. The molecule has 1 unspecified atom stereocenters. The van der Waals surface area contributed by atoms with Crippen molar-refractivity contribution >= 4 is 21.9 Å². The van der Waals surface area contributed by atoms with E-state index in [2.05, 4.69) is 15.9 Å². The van der Waals surface area contributed by atoms with Gasteiger partial charge in [-0.05, 0) is 37.1 Å². The molecule has 1 atom stereocenters. The van der Waals surface area contributed by atoms with E-state index in [-0.39, 0.29) is 17.8 Å². The minimum Gasteiger partial charge on any atom is -0.508 e. The molecule has 0 aliphatic rings. The van der Waals surface area contributed by atoms with Gasteiger partial charge in [0.1, 0.15) is 11.7 Å². The summed E-state index contributed by atoms with van der Waals surface area (Å²) in [6, 6.07) is 14.3. The van der Waals surface area contributed by atoms with Gasteiger partial charge in [-0.3, -0.25) is 4.79 Å². The molecule has 0 aliphatic carbocycles. The standard InChI is InChI=1S/C17H17BrO3/c1-11(2)21-17(20)16(12-6-4-3-5-7-12)14-9-8-13(19)10-15(14)18/h3-11,16,19H,1-2H3. The van der Waals surface area contributed by atoms with E-state index in [1.54, 1.807) is 18.2 Å². The molecule has 3 nitrogen and oxygen atoms in total. The van der Waals surface area contributed by atoms with Crippen LogP contribution < -0.4 is 0 Å². The van der Waals surface area contributed by atoms with Crippen LogP contribution in [0.2, 0.25) is 0 Å². The van der Waals surface area contributed by atoms with Crippen LogP contribution >= 0.6 is 15.9 Å². The van der Waals surface area contributed by atoms with Crippen molar-refractivity contribution in [3.8, 4) is 5.75 Å². The molecule has 0 fully saturated rings. The zero-order valence-electron chi connectivity index (χ0n) is 11.9. The van der Waals surface area contributed by atoms with E-state index in [1.807, 2.05) is 44.2 Å². The predicted octanol–water partition coefficient (Wildman–Crippen LogP) is 4.24. The predicted molar refractivity (Wildman–Crippen MR) is 85.3 cm³/mol. The second-order valence-electron chi connectivity index (χ2n) is 5.04. The molecular formula is C17H17BrO3. The zero-order chi connectivity index (χ0) is 15.4. The fourth-order valence-corrected chi connectivity index (χ4v) is 2.73. The Morgan fingerprint density at radius 3 is 2.38 bits per heavy atom. The van der Waals surface area contributed by atoms with Crippen molar-refractivity contribution < 1.29 is 14.6 Å². The number of phenols is 1. The second kappa shape index (κ2) is 6.76. The minimum atomic E-state index is -0.524. The third-order valence-electron chi connectivity index (χ3n) is 3.02. The number of esters is 1. The Morgan fingerprint density at radius 2 is 1.81 bits per heavy atom. The number of hydrogen-bond acceptors (Lipinski definition) is 3. The highest BCUT2D eigenvalue weighted by Gasteiger charge is 2.27. The first-order valence-corrected chi connectivity index (χ1v) is 7.52. The van der Waals surface area contributed by atoms with Gasteiger partial charge in [-0.2, -0.15) is 0 Å². The summed E-state index contributed by atoms with van der Waals surface area (Å²) in [6.45, 7) is 3.65. The molecule has 2 aromatic rings. The van der Waals surface area contributed by atoms with Gasteiger partial charge in [0, 0.05) is 4.47 Å². The van der Waals surface area contributed by atoms with Gasteiger partial charge in [0.25, 0.3) is 0 Å². The van der Waals surface area contributed by atoms with Crippen LogP contribution in [0, 0.1) is 0 Å². The fourth-order valence-electron chi connectivity index (χ4n) is 2.14. The third kappa shape index (κ3) is 3.85. The van der Waals surface area contributed by atoms with E-state index < -0.39 is 5.92 Å². The Balaban J connectivity index is 2.48. The van der Waals surface area contributed by atoms with Gasteiger partial charge in [-0.1, -0.05) is 52.3 Å². The second-order valence-corrected chi connectivity index (χ2v) is 5.89. The van der Waals surface area contributed by atoms with Crippen molar-refractivity contribution in [2.75, 3.05) is 0 Å². The number of carbonyl (C=O) groups excluding carboxylic acids is 1. The highest BCUT2D eigenvalue weighted by molar-refractivity contribution is 9.10. The van der Waals surface area contributed by atoms with Gasteiger partial charge in [-0.25, -0.2) is 0 Å². The van der Waals surface area contributed by atoms with Crippen molar-refractivity contribution in [1.82, 2.24) is 0 Å². The number of carbonyl (C=O) groups is 1. The van der Waals surface area contributed by atoms with E-state index in [0.29, 0.717) is 4.47 Å². The maximum absolute atomic E-state index is 12.5. The van der Waals surface area contributed by atoms with Crippen LogP contribution in [0.3, 0.4) is 0 Å². The summed E-state index contributed by atoms with van der Waals surface area (Å²) >= 11 is 3.41. The minimum absolute atomic E-state index is 0.148. The first-order valence-electron chi connectivity index (χ1n) is 6.73. The average Bonchev–Trinajstić information content (AvgIpc) is 2.42. The monoisotopic (exact) mass is 348 g/mol. The van der Waals surface area contributed by atoms with Crippen molar-refractivity contribution in [3.63, 3.8) is 0 Å². The summed E-state index contributed by atoms with van der Waals surface area (Å²) < 4.78 is 6.06. The van der Waals surface area contributed by atoms with E-state index in [1.165, 1.54) is 0 Å². The maximum atomic E-state index is 12.5. The molecule has 0 radical (unpaired) electrons. The van der Waals surface area contributed by atoms with Gasteiger partial charge in [0.2, 0.25) is 0 Å². The average molecular weight is 349 g/mol. The number of rotatable bonds is 4. The van der Waals surface area contributed by atoms with Gasteiger partial charge in [-0.15, -0.1) is 0 Å². The van der Waals surface area contributed by atoms with Gasteiger partial charge < -0.3 is 9.84 Å². The van der Waals surface area contributed by atoms with Crippen molar-refractivity contribution in [2.45, 2.75) is 25.9 Å². The highest BCUT2D eigenvalue weighted by Crippen LogP contribution is 2.33. The molecule has 0 saturated heterocycles. The summed E-state index contributed by atoms with van der Waals surface area (Å²) in [4.78, 5) is 12.5. The van der Waals surface area contributed by atoms with Gasteiger partial charge >= 0.3 is 5.97 Å². The van der Waals surface area contributed by atoms with E-state index >= 15 is 0 Å². The molecule has 0 spiro atoms. The van der Waals surface area contributed by atoms with Crippen LogP contribution in [0.4, 0.5) is 0 Å². The molecule has 0 bridgehead atoms. The van der Waals surface area contributed by atoms with Gasteiger partial charge in [0.05, 0.1) is 6.10 Å². The van der Waals surface area contributed by atoms with Crippen LogP contribution in [0.15, 0.2) is 53.0 Å². The molecule has 1 N–H and O–H groups in total. The first-order chi connectivity index (χ1) is 9.99. The Labute approximate surface area is 132 Å². The molecule has 0 saturated carbocycles. The highest BCUT2D eigenvalue weighted by atomic mass is 79.9. The number of hydrogen-bond donors (Lipinski definition) is 1. The van der Waals surface area contributed by atoms with E-state index in [0.717, 1.165) is 11.1 Å². The molecule has 110 valence electrons. The maximum Gasteiger partial charge on any atom is 0.318 e. The van der Waals surface area contributed by atoms with Crippen molar-refractivity contribution in [3.05, 3.63) is 64.1 Å². The molecule has 0 amide bonds. The Kier molecular flexibility index (Phi) is 5.02. The van der Waals surface area contributed by atoms with Crippen LogP contribution in [0.1, 0.15) is 30.9 Å². The topological polar surface area (TPSA) is 46.5 Å². The quantitative estimate of drug-likeness (QED) is 0.840. The smallest absolute Gasteiger partial charge is 0.318 e. The lowest BCUT2D eigenvalue weighted by atomic mass is 9.91. The van der Waals surface area contributed by atoms with E-state index in [4.69, 9.17) is 4.74 Å². The lowest BCUT2D eigenvalue weighted by molar-refractivity contribution is -0.148. The molecule has 4 heteroatoms. The lowest BCUT2D eigenvalue weighted by Crippen LogP contribution is -2.21. The molecule has 0 aromatic heterocycles. The summed E-state index contributed by atoms with van der Waals surface area (Å²) in [5.41, 5.74) is 1.62. The first kappa shape index (κ1) is 15.6. The normalized spacial score (nSPS) is 12.2. The van der Waals surface area contributed by atoms with Crippen LogP contribution in [0.25, 0.3) is 0 Å². The van der Waals surface area contributed by atoms with Gasteiger partial charge in [0.15, 0.2) is 0 Å². The van der Waals surface area contributed by atoms with Crippen LogP contribution in [-0.4, -0.2) is 17.2 Å². The van der Waals surface area contributed by atoms with Crippen molar-refractivity contribution in [1.29, 1.82) is 0 Å². The molecule has 21 heavy (non-hydrogen) atoms. The number of ether oxygens (including phenoxy) is 1. The molecule has 2 aromatic carbocycles. The number of benzene rings is 2. The molecule has 0 heterocycles. The fraction of sp³-hybridized carbons (Fsp3) is 0.235. The third-order valence-corrected chi connectivity index (χ3v) is 3.70. The molecule has 0 aliphatic heterocycles.